The molecule has 0 bridgehead atoms. The zero-order valence-electron chi connectivity index (χ0n) is 7.23. The molecule has 1 fully saturated rings. The van der Waals surface area contributed by atoms with E-state index in [0.717, 1.165) is 31.7 Å². The molecular formula is C8H13N3O. The van der Waals surface area contributed by atoms with Crippen molar-refractivity contribution in [3.05, 3.63) is 11.9 Å². The van der Waals surface area contributed by atoms with Gasteiger partial charge >= 0.3 is 0 Å². The zero-order chi connectivity index (χ0) is 8.39. The summed E-state index contributed by atoms with van der Waals surface area (Å²) < 4.78 is 7.22. The van der Waals surface area contributed by atoms with Crippen LogP contribution in [0.3, 0.4) is 0 Å². The second-order valence-electron chi connectivity index (χ2n) is 3.18. The first-order chi connectivity index (χ1) is 5.86. The van der Waals surface area contributed by atoms with Crippen LogP contribution in [-0.4, -0.2) is 28.2 Å². The van der Waals surface area contributed by atoms with Crippen LogP contribution in [0.1, 0.15) is 24.6 Å². The van der Waals surface area contributed by atoms with Gasteiger partial charge in [0.15, 0.2) is 0 Å². The molecule has 4 heteroatoms. The van der Waals surface area contributed by atoms with Crippen molar-refractivity contribution in [2.24, 2.45) is 0 Å². The molecule has 0 unspecified atom stereocenters. The number of rotatable bonds is 1. The lowest BCUT2D eigenvalue weighted by molar-refractivity contribution is 0.0657. The van der Waals surface area contributed by atoms with Crippen molar-refractivity contribution in [2.45, 2.75) is 25.8 Å². The molecule has 0 N–H and O–H groups in total. The van der Waals surface area contributed by atoms with Crippen LogP contribution in [-0.2, 0) is 4.74 Å². The van der Waals surface area contributed by atoms with Crippen molar-refractivity contribution < 1.29 is 4.74 Å². The molecule has 2 heterocycles. The van der Waals surface area contributed by atoms with E-state index in [0.29, 0.717) is 6.04 Å². The maximum atomic E-state index is 5.27. The van der Waals surface area contributed by atoms with E-state index in [4.69, 9.17) is 4.74 Å². The average molecular weight is 167 g/mol. The summed E-state index contributed by atoms with van der Waals surface area (Å²) in [4.78, 5) is 0. The van der Waals surface area contributed by atoms with Crippen LogP contribution in [0.15, 0.2) is 6.20 Å². The largest absolute Gasteiger partial charge is 0.381 e. The smallest absolute Gasteiger partial charge is 0.0796 e. The predicted molar refractivity (Wildman–Crippen MR) is 43.8 cm³/mol. The summed E-state index contributed by atoms with van der Waals surface area (Å²) in [6.07, 6.45) is 4.11. The summed E-state index contributed by atoms with van der Waals surface area (Å²) in [6.45, 7) is 3.66. The van der Waals surface area contributed by atoms with Crippen molar-refractivity contribution in [2.75, 3.05) is 13.2 Å². The standard InChI is InChI=1S/C8H13N3O/c1-7-6-11(10-9-7)8-2-4-12-5-3-8/h6,8H,2-5H2,1H3. The van der Waals surface area contributed by atoms with Gasteiger partial charge < -0.3 is 4.74 Å². The van der Waals surface area contributed by atoms with Crippen molar-refractivity contribution >= 4 is 0 Å². The van der Waals surface area contributed by atoms with Crippen LogP contribution < -0.4 is 0 Å². The van der Waals surface area contributed by atoms with Gasteiger partial charge in [-0.2, -0.15) is 0 Å². The fourth-order valence-corrected chi connectivity index (χ4v) is 1.49. The Bertz CT molecular complexity index is 253. The van der Waals surface area contributed by atoms with E-state index in [1.54, 1.807) is 0 Å². The zero-order valence-corrected chi connectivity index (χ0v) is 7.23. The highest BCUT2D eigenvalue weighted by Crippen LogP contribution is 2.19. The highest BCUT2D eigenvalue weighted by atomic mass is 16.5. The van der Waals surface area contributed by atoms with Gasteiger partial charge in [-0.25, -0.2) is 4.68 Å². The molecule has 1 aromatic heterocycles. The van der Waals surface area contributed by atoms with Crippen LogP contribution in [0.25, 0.3) is 0 Å². The number of nitrogens with zero attached hydrogens (tertiary/aromatic N) is 3. The van der Waals surface area contributed by atoms with Crippen molar-refractivity contribution in [3.8, 4) is 0 Å². The van der Waals surface area contributed by atoms with Crippen LogP contribution in [0.4, 0.5) is 0 Å². The first-order valence-corrected chi connectivity index (χ1v) is 4.32. The molecule has 2 rings (SSSR count). The molecule has 0 spiro atoms. The lowest BCUT2D eigenvalue weighted by Gasteiger charge is -2.21. The molecule has 12 heavy (non-hydrogen) atoms. The van der Waals surface area contributed by atoms with E-state index in [1.165, 1.54) is 0 Å². The monoisotopic (exact) mass is 167 g/mol. The molecule has 66 valence electrons. The number of hydrogen-bond donors (Lipinski definition) is 0. The van der Waals surface area contributed by atoms with E-state index in [1.807, 2.05) is 17.8 Å². The molecule has 0 saturated carbocycles. The Labute approximate surface area is 71.5 Å². The van der Waals surface area contributed by atoms with E-state index >= 15 is 0 Å². The fraction of sp³-hybridized carbons (Fsp3) is 0.750. The first-order valence-electron chi connectivity index (χ1n) is 4.32. The third-order valence-electron chi connectivity index (χ3n) is 2.19. The molecule has 0 aromatic carbocycles. The number of hydrogen-bond acceptors (Lipinski definition) is 3. The van der Waals surface area contributed by atoms with Gasteiger partial charge in [-0.1, -0.05) is 5.21 Å². The maximum Gasteiger partial charge on any atom is 0.0796 e. The normalized spacial score (nSPS) is 19.8. The van der Waals surface area contributed by atoms with E-state index < -0.39 is 0 Å². The molecule has 1 saturated heterocycles. The van der Waals surface area contributed by atoms with Crippen molar-refractivity contribution in [3.63, 3.8) is 0 Å². The Morgan fingerprint density at radius 1 is 1.50 bits per heavy atom. The third kappa shape index (κ3) is 1.48. The SMILES string of the molecule is Cc1cn(C2CCOCC2)nn1. The quantitative estimate of drug-likeness (QED) is 0.625. The lowest BCUT2D eigenvalue weighted by atomic mass is 10.1. The fourth-order valence-electron chi connectivity index (χ4n) is 1.49. The molecule has 0 atom stereocenters. The topological polar surface area (TPSA) is 39.9 Å². The molecule has 4 nitrogen and oxygen atoms in total. The van der Waals surface area contributed by atoms with Crippen molar-refractivity contribution in [1.29, 1.82) is 0 Å². The van der Waals surface area contributed by atoms with Crippen LogP contribution in [0.5, 0.6) is 0 Å². The highest BCUT2D eigenvalue weighted by molar-refractivity contribution is 4.88. The molecule has 0 aliphatic carbocycles. The molecule has 0 radical (unpaired) electrons. The van der Waals surface area contributed by atoms with Crippen LogP contribution in [0.2, 0.25) is 0 Å². The van der Waals surface area contributed by atoms with Gasteiger partial charge in [0.1, 0.15) is 0 Å². The lowest BCUT2D eigenvalue weighted by Crippen LogP contribution is -2.19. The van der Waals surface area contributed by atoms with E-state index in [2.05, 4.69) is 10.3 Å². The summed E-state index contributed by atoms with van der Waals surface area (Å²) in [5.74, 6) is 0. The average Bonchev–Trinajstić information content (AvgIpc) is 2.54. The number of aryl methyl sites for hydroxylation is 1. The Morgan fingerprint density at radius 3 is 2.83 bits per heavy atom. The van der Waals surface area contributed by atoms with E-state index in [9.17, 15) is 0 Å². The summed E-state index contributed by atoms with van der Waals surface area (Å²) in [5.41, 5.74) is 0.987. The minimum atomic E-state index is 0.500. The highest BCUT2D eigenvalue weighted by Gasteiger charge is 2.16. The molecule has 1 aromatic rings. The Kier molecular flexibility index (Phi) is 2.08. The Balaban J connectivity index is 2.08. The van der Waals surface area contributed by atoms with Gasteiger partial charge in [-0.05, 0) is 19.8 Å². The van der Waals surface area contributed by atoms with Gasteiger partial charge in [0.05, 0.1) is 11.7 Å². The molecule has 1 aliphatic heterocycles. The second-order valence-corrected chi connectivity index (χ2v) is 3.18. The number of aromatic nitrogens is 3. The van der Waals surface area contributed by atoms with Gasteiger partial charge in [0, 0.05) is 19.4 Å². The molecule has 1 aliphatic rings. The minimum absolute atomic E-state index is 0.500. The Hall–Kier alpha value is -0.900. The minimum Gasteiger partial charge on any atom is -0.381 e. The summed E-state index contributed by atoms with van der Waals surface area (Å²) in [7, 11) is 0. The van der Waals surface area contributed by atoms with Gasteiger partial charge in [-0.15, -0.1) is 5.10 Å². The molecular weight excluding hydrogens is 154 g/mol. The second kappa shape index (κ2) is 3.23. The van der Waals surface area contributed by atoms with Gasteiger partial charge in [0.2, 0.25) is 0 Å². The van der Waals surface area contributed by atoms with Crippen LogP contribution >= 0.6 is 0 Å². The maximum absolute atomic E-state index is 5.27. The summed E-state index contributed by atoms with van der Waals surface area (Å²) in [6, 6.07) is 0.500. The first kappa shape index (κ1) is 7.73. The summed E-state index contributed by atoms with van der Waals surface area (Å²) >= 11 is 0. The predicted octanol–water partition coefficient (Wildman–Crippen LogP) is 0.938. The van der Waals surface area contributed by atoms with Gasteiger partial charge in [-0.3, -0.25) is 0 Å². The van der Waals surface area contributed by atoms with Gasteiger partial charge in [0.25, 0.3) is 0 Å². The molecule has 0 amide bonds. The van der Waals surface area contributed by atoms with Crippen LogP contribution in [0, 0.1) is 6.92 Å². The summed E-state index contributed by atoms with van der Waals surface area (Å²) in [5, 5.41) is 8.01. The third-order valence-corrected chi connectivity index (χ3v) is 2.19. The van der Waals surface area contributed by atoms with E-state index in [-0.39, 0.29) is 0 Å². The Morgan fingerprint density at radius 2 is 2.25 bits per heavy atom. The number of ether oxygens (including phenoxy) is 1. The van der Waals surface area contributed by atoms with Crippen molar-refractivity contribution in [1.82, 2.24) is 15.0 Å².